The van der Waals surface area contributed by atoms with Crippen LogP contribution in [0.15, 0.2) is 24.3 Å². The minimum Gasteiger partial charge on any atom is -0.386 e. The van der Waals surface area contributed by atoms with Gasteiger partial charge in [0.15, 0.2) is 0 Å². The Kier molecular flexibility index (Phi) is 6.89. The number of hydrogen-bond donors (Lipinski definition) is 3. The fraction of sp³-hybridized carbons (Fsp3) is 0.500. The zero-order valence-electron chi connectivity index (χ0n) is 11.2. The van der Waals surface area contributed by atoms with E-state index in [1.807, 2.05) is 0 Å². The third-order valence-corrected chi connectivity index (χ3v) is 2.79. The van der Waals surface area contributed by atoms with E-state index in [0.29, 0.717) is 6.54 Å². The first-order valence-electron chi connectivity index (χ1n) is 6.59. The predicted molar refractivity (Wildman–Crippen MR) is 72.3 cm³/mol. The molecule has 0 fully saturated rings. The number of aliphatic hydroxyl groups excluding tert-OH is 1. The summed E-state index contributed by atoms with van der Waals surface area (Å²) in [6.45, 7) is 2.68. The number of amides is 2. The first-order valence-corrected chi connectivity index (χ1v) is 6.59. The number of urea groups is 1. The largest absolute Gasteiger partial charge is 0.386 e. The molecular weight excluding hydrogens is 247 g/mol. The molecule has 0 radical (unpaired) electrons. The summed E-state index contributed by atoms with van der Waals surface area (Å²) in [6.07, 6.45) is 2.05. The van der Waals surface area contributed by atoms with Crippen molar-refractivity contribution in [1.29, 1.82) is 0 Å². The van der Waals surface area contributed by atoms with Crippen molar-refractivity contribution in [3.05, 3.63) is 35.6 Å². The van der Waals surface area contributed by atoms with E-state index in [4.69, 9.17) is 0 Å². The molecule has 0 aliphatic carbocycles. The van der Waals surface area contributed by atoms with Gasteiger partial charge in [0.05, 0.1) is 6.10 Å². The lowest BCUT2D eigenvalue weighted by molar-refractivity contribution is 0.169. The highest BCUT2D eigenvalue weighted by molar-refractivity contribution is 5.73. The molecule has 0 saturated heterocycles. The molecule has 3 N–H and O–H groups in total. The molecule has 0 aromatic heterocycles. The zero-order chi connectivity index (χ0) is 14.1. The van der Waals surface area contributed by atoms with Crippen molar-refractivity contribution in [2.24, 2.45) is 0 Å². The van der Waals surface area contributed by atoms with E-state index in [-0.39, 0.29) is 18.1 Å². The summed E-state index contributed by atoms with van der Waals surface area (Å²) in [7, 11) is 0. The molecule has 0 spiro atoms. The normalized spacial score (nSPS) is 11.9. The molecule has 0 heterocycles. The summed E-state index contributed by atoms with van der Waals surface area (Å²) in [5, 5.41) is 15.0. The number of halogens is 1. The Hall–Kier alpha value is -1.62. The molecule has 1 atom stereocenters. The van der Waals surface area contributed by atoms with Gasteiger partial charge >= 0.3 is 6.03 Å². The van der Waals surface area contributed by atoms with Crippen LogP contribution in [0.1, 0.15) is 37.9 Å². The third kappa shape index (κ3) is 5.70. The Balaban J connectivity index is 2.28. The molecule has 0 saturated carbocycles. The van der Waals surface area contributed by atoms with Gasteiger partial charge < -0.3 is 15.7 Å². The van der Waals surface area contributed by atoms with Gasteiger partial charge in [0.2, 0.25) is 0 Å². The van der Waals surface area contributed by atoms with Gasteiger partial charge in [-0.1, -0.05) is 38.0 Å². The first-order chi connectivity index (χ1) is 9.15. The number of aliphatic hydroxyl groups is 1. The highest BCUT2D eigenvalue weighted by Crippen LogP contribution is 2.15. The molecule has 0 bridgehead atoms. The van der Waals surface area contributed by atoms with Gasteiger partial charge in [-0.2, -0.15) is 0 Å². The van der Waals surface area contributed by atoms with Gasteiger partial charge in [-0.25, -0.2) is 9.18 Å². The fourth-order valence-electron chi connectivity index (χ4n) is 1.68. The van der Waals surface area contributed by atoms with E-state index in [9.17, 15) is 14.3 Å². The summed E-state index contributed by atoms with van der Waals surface area (Å²) < 4.78 is 13.4. The maximum Gasteiger partial charge on any atom is 0.314 e. The molecule has 0 aliphatic rings. The van der Waals surface area contributed by atoms with E-state index in [0.717, 1.165) is 19.3 Å². The molecule has 106 valence electrons. The Morgan fingerprint density at radius 3 is 2.74 bits per heavy atom. The minimum atomic E-state index is -1.04. The molecule has 4 nitrogen and oxygen atoms in total. The molecule has 1 aromatic carbocycles. The van der Waals surface area contributed by atoms with Crippen molar-refractivity contribution in [3.63, 3.8) is 0 Å². The van der Waals surface area contributed by atoms with Crippen LogP contribution in [0.25, 0.3) is 0 Å². The van der Waals surface area contributed by atoms with E-state index in [1.54, 1.807) is 12.1 Å². The minimum absolute atomic E-state index is 0.0133. The number of hydrogen-bond acceptors (Lipinski definition) is 2. The van der Waals surface area contributed by atoms with Crippen LogP contribution in [0.4, 0.5) is 9.18 Å². The molecule has 1 aromatic rings. The average Bonchev–Trinajstić information content (AvgIpc) is 2.41. The monoisotopic (exact) mass is 268 g/mol. The quantitative estimate of drug-likeness (QED) is 0.665. The summed E-state index contributed by atoms with van der Waals surface area (Å²) in [5.74, 6) is -0.472. The number of nitrogens with one attached hydrogen (secondary N) is 2. The van der Waals surface area contributed by atoms with Gasteiger partial charge in [-0.3, -0.25) is 0 Å². The smallest absolute Gasteiger partial charge is 0.314 e. The highest BCUT2D eigenvalue weighted by atomic mass is 19.1. The second-order valence-electron chi connectivity index (χ2n) is 4.38. The van der Waals surface area contributed by atoms with Crippen molar-refractivity contribution in [2.45, 2.75) is 32.3 Å². The van der Waals surface area contributed by atoms with Crippen LogP contribution in [0.2, 0.25) is 0 Å². The Morgan fingerprint density at radius 2 is 2.05 bits per heavy atom. The molecule has 0 aliphatic heterocycles. The summed E-state index contributed by atoms with van der Waals surface area (Å²) in [5.41, 5.74) is 0.189. The van der Waals surface area contributed by atoms with Crippen LogP contribution < -0.4 is 10.6 Å². The van der Waals surface area contributed by atoms with Crippen molar-refractivity contribution in [1.82, 2.24) is 10.6 Å². The standard InChI is InChI=1S/C14H21FN2O2/c1-2-3-6-9-16-14(19)17-10-13(18)11-7-4-5-8-12(11)15/h4-5,7-8,13,18H,2-3,6,9-10H2,1H3,(H2,16,17,19). The third-order valence-electron chi connectivity index (χ3n) is 2.79. The topological polar surface area (TPSA) is 61.4 Å². The van der Waals surface area contributed by atoms with Crippen molar-refractivity contribution in [2.75, 3.05) is 13.1 Å². The Labute approximate surface area is 113 Å². The summed E-state index contributed by atoms with van der Waals surface area (Å²) in [4.78, 5) is 11.4. The average molecular weight is 268 g/mol. The molecule has 2 amide bonds. The Bertz CT molecular complexity index is 399. The van der Waals surface area contributed by atoms with Crippen LogP contribution in [0, 0.1) is 5.82 Å². The number of carbonyl (C=O) groups is 1. The summed E-state index contributed by atoms with van der Waals surface area (Å²) in [6, 6.07) is 5.64. The van der Waals surface area contributed by atoms with Crippen molar-refractivity contribution in [3.8, 4) is 0 Å². The predicted octanol–water partition coefficient (Wildman–Crippen LogP) is 2.35. The van der Waals surface area contributed by atoms with Crippen LogP contribution in [-0.4, -0.2) is 24.2 Å². The SMILES string of the molecule is CCCCCNC(=O)NCC(O)c1ccccc1F. The van der Waals surface area contributed by atoms with Crippen LogP contribution in [0.3, 0.4) is 0 Å². The molecule has 1 rings (SSSR count). The molecule has 1 unspecified atom stereocenters. The molecular formula is C14H21FN2O2. The van der Waals surface area contributed by atoms with Gasteiger partial charge in [-0.15, -0.1) is 0 Å². The second-order valence-corrected chi connectivity index (χ2v) is 4.38. The van der Waals surface area contributed by atoms with E-state index < -0.39 is 11.9 Å². The van der Waals surface area contributed by atoms with E-state index in [2.05, 4.69) is 17.6 Å². The van der Waals surface area contributed by atoms with Crippen molar-refractivity contribution < 1.29 is 14.3 Å². The molecule has 19 heavy (non-hydrogen) atoms. The van der Waals surface area contributed by atoms with Gasteiger partial charge in [0, 0.05) is 18.7 Å². The second kappa shape index (κ2) is 8.48. The number of carbonyl (C=O) groups excluding carboxylic acids is 1. The number of rotatable bonds is 7. The van der Waals surface area contributed by atoms with Gasteiger partial charge in [0.1, 0.15) is 5.82 Å². The maximum absolute atomic E-state index is 13.4. The Morgan fingerprint density at radius 1 is 1.32 bits per heavy atom. The van der Waals surface area contributed by atoms with Crippen LogP contribution in [-0.2, 0) is 0 Å². The number of benzene rings is 1. The van der Waals surface area contributed by atoms with Crippen molar-refractivity contribution >= 4 is 6.03 Å². The highest BCUT2D eigenvalue weighted by Gasteiger charge is 2.12. The first kappa shape index (κ1) is 15.4. The van der Waals surface area contributed by atoms with Crippen LogP contribution >= 0.6 is 0 Å². The molecule has 5 heteroatoms. The lowest BCUT2D eigenvalue weighted by Crippen LogP contribution is -2.38. The lowest BCUT2D eigenvalue weighted by Gasteiger charge is -2.13. The summed E-state index contributed by atoms with van der Waals surface area (Å²) >= 11 is 0. The van der Waals surface area contributed by atoms with Crippen LogP contribution in [0.5, 0.6) is 0 Å². The van der Waals surface area contributed by atoms with Gasteiger partial charge in [-0.05, 0) is 12.5 Å². The van der Waals surface area contributed by atoms with Gasteiger partial charge in [0.25, 0.3) is 0 Å². The lowest BCUT2D eigenvalue weighted by atomic mass is 10.1. The van der Waals surface area contributed by atoms with E-state index in [1.165, 1.54) is 12.1 Å². The number of unbranched alkanes of at least 4 members (excludes halogenated alkanes) is 2. The zero-order valence-corrected chi connectivity index (χ0v) is 11.2. The maximum atomic E-state index is 13.4. The van der Waals surface area contributed by atoms with E-state index >= 15 is 0 Å². The fourth-order valence-corrected chi connectivity index (χ4v) is 1.68.